The first-order chi connectivity index (χ1) is 10.2. The van der Waals surface area contributed by atoms with Crippen LogP contribution in [0.1, 0.15) is 49.2 Å². The smallest absolute Gasteiger partial charge is 0.360 e. The summed E-state index contributed by atoms with van der Waals surface area (Å²) in [5.74, 6) is 0.487. The SMILES string of the molecule is CCCc1c(C(=O)OCC)nnn1Cc1nccn1CC. The number of nitrogens with zero attached hydrogens (tertiary/aromatic N) is 5. The second-order valence-corrected chi connectivity index (χ2v) is 4.64. The molecule has 0 aliphatic carbocycles. The Morgan fingerprint density at radius 3 is 2.81 bits per heavy atom. The van der Waals surface area contributed by atoms with Gasteiger partial charge in [-0.2, -0.15) is 0 Å². The predicted octanol–water partition coefficient (Wildman–Crippen LogP) is 1.67. The van der Waals surface area contributed by atoms with Gasteiger partial charge in [0.15, 0.2) is 5.69 Å². The van der Waals surface area contributed by atoms with Gasteiger partial charge in [-0.05, 0) is 20.3 Å². The second-order valence-electron chi connectivity index (χ2n) is 4.64. The fourth-order valence-corrected chi connectivity index (χ4v) is 2.22. The van der Waals surface area contributed by atoms with Gasteiger partial charge in [0.2, 0.25) is 0 Å². The Labute approximate surface area is 123 Å². The molecule has 0 fully saturated rings. The number of hydrogen-bond donors (Lipinski definition) is 0. The molecule has 0 aromatic carbocycles. The molecular weight excluding hydrogens is 270 g/mol. The van der Waals surface area contributed by atoms with E-state index in [1.165, 1.54) is 0 Å². The molecule has 0 radical (unpaired) electrons. The van der Waals surface area contributed by atoms with E-state index >= 15 is 0 Å². The van der Waals surface area contributed by atoms with Gasteiger partial charge in [-0.3, -0.25) is 0 Å². The maximum Gasteiger partial charge on any atom is 0.360 e. The Bertz CT molecular complexity index is 602. The van der Waals surface area contributed by atoms with Crippen molar-refractivity contribution in [2.75, 3.05) is 6.61 Å². The highest BCUT2D eigenvalue weighted by molar-refractivity contribution is 5.88. The summed E-state index contributed by atoms with van der Waals surface area (Å²) >= 11 is 0. The molecule has 114 valence electrons. The molecule has 2 aromatic heterocycles. The Morgan fingerprint density at radius 1 is 1.33 bits per heavy atom. The Kier molecular flexibility index (Phi) is 5.08. The van der Waals surface area contributed by atoms with Crippen molar-refractivity contribution in [3.8, 4) is 0 Å². The minimum absolute atomic E-state index is 0.313. The van der Waals surface area contributed by atoms with Crippen molar-refractivity contribution in [3.63, 3.8) is 0 Å². The minimum atomic E-state index is -0.411. The number of rotatable bonds is 7. The molecule has 2 aromatic rings. The maximum atomic E-state index is 11.9. The first kappa shape index (κ1) is 15.2. The van der Waals surface area contributed by atoms with Crippen LogP contribution in [0.25, 0.3) is 0 Å². The van der Waals surface area contributed by atoms with E-state index in [0.29, 0.717) is 18.8 Å². The van der Waals surface area contributed by atoms with Gasteiger partial charge < -0.3 is 9.30 Å². The number of hydrogen-bond acceptors (Lipinski definition) is 5. The molecule has 7 heteroatoms. The summed E-state index contributed by atoms with van der Waals surface area (Å²) in [6, 6.07) is 0. The summed E-state index contributed by atoms with van der Waals surface area (Å²) in [6.45, 7) is 7.57. The van der Waals surface area contributed by atoms with Crippen molar-refractivity contribution in [1.82, 2.24) is 24.5 Å². The zero-order valence-corrected chi connectivity index (χ0v) is 12.7. The molecule has 0 bridgehead atoms. The lowest BCUT2D eigenvalue weighted by Crippen LogP contribution is -2.14. The summed E-state index contributed by atoms with van der Waals surface area (Å²) in [6.07, 6.45) is 5.33. The zero-order valence-electron chi connectivity index (χ0n) is 12.7. The van der Waals surface area contributed by atoms with Crippen molar-refractivity contribution in [2.24, 2.45) is 0 Å². The van der Waals surface area contributed by atoms with Gasteiger partial charge >= 0.3 is 5.97 Å². The highest BCUT2D eigenvalue weighted by atomic mass is 16.5. The lowest BCUT2D eigenvalue weighted by Gasteiger charge is -2.08. The Balaban J connectivity index is 2.29. The summed E-state index contributed by atoms with van der Waals surface area (Å²) in [5, 5.41) is 8.09. The number of aryl methyl sites for hydroxylation is 1. The highest BCUT2D eigenvalue weighted by Gasteiger charge is 2.20. The molecule has 7 nitrogen and oxygen atoms in total. The van der Waals surface area contributed by atoms with Gasteiger partial charge in [0.1, 0.15) is 12.4 Å². The van der Waals surface area contributed by atoms with E-state index < -0.39 is 5.97 Å². The third kappa shape index (κ3) is 3.29. The lowest BCUT2D eigenvalue weighted by atomic mass is 10.2. The van der Waals surface area contributed by atoms with E-state index in [1.807, 2.05) is 10.8 Å². The van der Waals surface area contributed by atoms with E-state index in [-0.39, 0.29) is 0 Å². The quantitative estimate of drug-likeness (QED) is 0.725. The number of carbonyl (C=O) groups excluding carboxylic acids is 1. The zero-order chi connectivity index (χ0) is 15.2. The lowest BCUT2D eigenvalue weighted by molar-refractivity contribution is 0.0518. The van der Waals surface area contributed by atoms with Crippen molar-refractivity contribution >= 4 is 5.97 Å². The van der Waals surface area contributed by atoms with Crippen LogP contribution >= 0.6 is 0 Å². The predicted molar refractivity (Wildman–Crippen MR) is 77.0 cm³/mol. The molecule has 0 spiro atoms. The molecule has 21 heavy (non-hydrogen) atoms. The Morgan fingerprint density at radius 2 is 2.14 bits per heavy atom. The van der Waals surface area contributed by atoms with Crippen LogP contribution in [-0.4, -0.2) is 37.1 Å². The molecule has 0 N–H and O–H groups in total. The third-order valence-corrected chi connectivity index (χ3v) is 3.23. The van der Waals surface area contributed by atoms with E-state index in [9.17, 15) is 4.79 Å². The van der Waals surface area contributed by atoms with Crippen molar-refractivity contribution in [1.29, 1.82) is 0 Å². The highest BCUT2D eigenvalue weighted by Crippen LogP contribution is 2.12. The van der Waals surface area contributed by atoms with Crippen LogP contribution < -0.4 is 0 Å². The third-order valence-electron chi connectivity index (χ3n) is 3.23. The first-order valence-electron chi connectivity index (χ1n) is 7.30. The van der Waals surface area contributed by atoms with Crippen LogP contribution in [0.3, 0.4) is 0 Å². The molecule has 2 rings (SSSR count). The molecule has 0 atom stereocenters. The van der Waals surface area contributed by atoms with Gasteiger partial charge in [0.05, 0.1) is 12.3 Å². The summed E-state index contributed by atoms with van der Waals surface area (Å²) in [5.41, 5.74) is 1.12. The summed E-state index contributed by atoms with van der Waals surface area (Å²) < 4.78 is 8.82. The van der Waals surface area contributed by atoms with Crippen LogP contribution in [0.4, 0.5) is 0 Å². The van der Waals surface area contributed by atoms with Crippen molar-refractivity contribution < 1.29 is 9.53 Å². The summed E-state index contributed by atoms with van der Waals surface area (Å²) in [4.78, 5) is 16.3. The average molecular weight is 291 g/mol. The van der Waals surface area contributed by atoms with Crippen LogP contribution in [0, 0.1) is 0 Å². The normalized spacial score (nSPS) is 10.8. The van der Waals surface area contributed by atoms with Crippen LogP contribution in [0.15, 0.2) is 12.4 Å². The molecule has 0 amide bonds. The van der Waals surface area contributed by atoms with Crippen molar-refractivity contribution in [2.45, 2.75) is 46.7 Å². The molecular formula is C14H21N5O2. The molecule has 0 aliphatic rings. The second kappa shape index (κ2) is 7.01. The fourth-order valence-electron chi connectivity index (χ4n) is 2.22. The number of imidazole rings is 1. The van der Waals surface area contributed by atoms with E-state index in [4.69, 9.17) is 4.74 Å². The van der Waals surface area contributed by atoms with Gasteiger partial charge in [0.25, 0.3) is 0 Å². The summed E-state index contributed by atoms with van der Waals surface area (Å²) in [7, 11) is 0. The number of aromatic nitrogens is 5. The first-order valence-corrected chi connectivity index (χ1v) is 7.30. The van der Waals surface area contributed by atoms with Gasteiger partial charge in [-0.15, -0.1) is 5.10 Å². The van der Waals surface area contributed by atoms with Crippen LogP contribution in [0.5, 0.6) is 0 Å². The monoisotopic (exact) mass is 291 g/mol. The molecule has 0 saturated heterocycles. The number of carbonyl (C=O) groups is 1. The fraction of sp³-hybridized carbons (Fsp3) is 0.571. The topological polar surface area (TPSA) is 74.8 Å². The van der Waals surface area contributed by atoms with Crippen molar-refractivity contribution in [3.05, 3.63) is 29.6 Å². The standard InChI is InChI=1S/C14H21N5O2/c1-4-7-11-13(14(20)21-6-3)16-17-19(11)10-12-15-8-9-18(12)5-2/h8-9H,4-7,10H2,1-3H3. The number of ether oxygens (including phenoxy) is 1. The van der Waals surface area contributed by atoms with E-state index in [1.54, 1.807) is 17.8 Å². The van der Waals surface area contributed by atoms with Gasteiger partial charge in [-0.25, -0.2) is 14.5 Å². The van der Waals surface area contributed by atoms with Gasteiger partial charge in [0, 0.05) is 18.9 Å². The van der Waals surface area contributed by atoms with Crippen LogP contribution in [0.2, 0.25) is 0 Å². The molecule has 0 unspecified atom stereocenters. The van der Waals surface area contributed by atoms with Gasteiger partial charge in [-0.1, -0.05) is 18.6 Å². The Hall–Kier alpha value is -2.18. The maximum absolute atomic E-state index is 11.9. The average Bonchev–Trinajstić information content (AvgIpc) is 3.07. The van der Waals surface area contributed by atoms with E-state index in [2.05, 4.69) is 29.1 Å². The largest absolute Gasteiger partial charge is 0.461 e. The molecule has 0 saturated carbocycles. The molecule has 2 heterocycles. The number of esters is 1. The van der Waals surface area contributed by atoms with Crippen LogP contribution in [-0.2, 0) is 24.2 Å². The van der Waals surface area contributed by atoms with E-state index in [0.717, 1.165) is 30.9 Å². The molecule has 0 aliphatic heterocycles. The minimum Gasteiger partial charge on any atom is -0.461 e.